The Hall–Kier alpha value is -1.83. The van der Waals surface area contributed by atoms with E-state index in [4.69, 9.17) is 0 Å². The first-order chi connectivity index (χ1) is 6.86. The van der Waals surface area contributed by atoms with E-state index in [0.29, 0.717) is 5.69 Å². The van der Waals surface area contributed by atoms with Crippen LogP contribution in [0.15, 0.2) is 54.6 Å². The summed E-state index contributed by atoms with van der Waals surface area (Å²) in [5, 5.41) is 4.17. The molecular formula is C12H9FN. The number of para-hydroxylation sites is 2. The molecule has 0 spiro atoms. The van der Waals surface area contributed by atoms with Gasteiger partial charge < -0.3 is 0 Å². The maximum Gasteiger partial charge on any atom is 0.148 e. The highest BCUT2D eigenvalue weighted by Crippen LogP contribution is 2.18. The highest BCUT2D eigenvalue weighted by molar-refractivity contribution is 5.48. The fraction of sp³-hybridized carbons (Fsp3) is 0. The average Bonchev–Trinajstić information content (AvgIpc) is 2.23. The van der Waals surface area contributed by atoms with Crippen molar-refractivity contribution in [3.05, 3.63) is 60.4 Å². The van der Waals surface area contributed by atoms with Gasteiger partial charge in [-0.25, -0.2) is 9.71 Å². The van der Waals surface area contributed by atoms with Gasteiger partial charge in [0.15, 0.2) is 0 Å². The molecule has 1 nitrogen and oxygen atoms in total. The van der Waals surface area contributed by atoms with Gasteiger partial charge in [-0.05, 0) is 24.3 Å². The van der Waals surface area contributed by atoms with Gasteiger partial charge in [-0.1, -0.05) is 30.3 Å². The minimum atomic E-state index is -0.295. The molecule has 0 aliphatic heterocycles. The maximum absolute atomic E-state index is 13.2. The van der Waals surface area contributed by atoms with E-state index in [9.17, 15) is 4.39 Å². The van der Waals surface area contributed by atoms with Gasteiger partial charge in [0.05, 0.1) is 11.4 Å². The van der Waals surface area contributed by atoms with E-state index in [-0.39, 0.29) is 5.82 Å². The summed E-state index contributed by atoms with van der Waals surface area (Å²) in [6, 6.07) is 15.8. The van der Waals surface area contributed by atoms with Crippen molar-refractivity contribution in [3.8, 4) is 0 Å². The van der Waals surface area contributed by atoms with Gasteiger partial charge in [0, 0.05) is 0 Å². The molecule has 0 unspecified atom stereocenters. The second-order valence-corrected chi connectivity index (χ2v) is 2.90. The molecule has 0 aliphatic rings. The van der Waals surface area contributed by atoms with Crippen LogP contribution < -0.4 is 5.32 Å². The Bertz CT molecular complexity index is 412. The van der Waals surface area contributed by atoms with Crippen molar-refractivity contribution in [2.24, 2.45) is 0 Å². The lowest BCUT2D eigenvalue weighted by Crippen LogP contribution is -1.91. The lowest BCUT2D eigenvalue weighted by Gasteiger charge is -2.02. The van der Waals surface area contributed by atoms with Crippen molar-refractivity contribution in [2.45, 2.75) is 0 Å². The fourth-order valence-corrected chi connectivity index (χ4v) is 1.18. The van der Waals surface area contributed by atoms with Crippen LogP contribution in [-0.2, 0) is 0 Å². The summed E-state index contributed by atoms with van der Waals surface area (Å²) in [5.41, 5.74) is 1.14. The van der Waals surface area contributed by atoms with Crippen molar-refractivity contribution < 1.29 is 4.39 Å². The van der Waals surface area contributed by atoms with E-state index in [0.717, 1.165) is 5.69 Å². The average molecular weight is 186 g/mol. The molecule has 0 aromatic heterocycles. The summed E-state index contributed by atoms with van der Waals surface area (Å²) in [6.45, 7) is 0. The summed E-state index contributed by atoms with van der Waals surface area (Å²) in [5.74, 6) is -0.295. The van der Waals surface area contributed by atoms with Crippen LogP contribution in [0.3, 0.4) is 0 Å². The van der Waals surface area contributed by atoms with Gasteiger partial charge in [0.2, 0.25) is 0 Å². The summed E-state index contributed by atoms with van der Waals surface area (Å²) < 4.78 is 13.2. The highest BCUT2D eigenvalue weighted by atomic mass is 19.1. The van der Waals surface area contributed by atoms with E-state index >= 15 is 0 Å². The summed E-state index contributed by atoms with van der Waals surface area (Å²) in [6.07, 6.45) is 0. The second-order valence-electron chi connectivity index (χ2n) is 2.90. The fourth-order valence-electron chi connectivity index (χ4n) is 1.18. The van der Waals surface area contributed by atoms with Gasteiger partial charge in [0.1, 0.15) is 5.82 Å². The molecule has 2 heteroatoms. The lowest BCUT2D eigenvalue weighted by atomic mass is 10.2. The summed E-state index contributed by atoms with van der Waals surface area (Å²) >= 11 is 0. The molecule has 0 saturated carbocycles. The number of hydrogen-bond acceptors (Lipinski definition) is 0. The molecule has 0 aliphatic carbocycles. The van der Waals surface area contributed by atoms with Crippen LogP contribution in [0.1, 0.15) is 0 Å². The predicted octanol–water partition coefficient (Wildman–Crippen LogP) is 3.39. The lowest BCUT2D eigenvalue weighted by molar-refractivity contribution is 0.625. The Kier molecular flexibility index (Phi) is 2.45. The smallest absolute Gasteiger partial charge is 0.148 e. The number of rotatable bonds is 2. The third-order valence-corrected chi connectivity index (χ3v) is 1.86. The summed E-state index contributed by atoms with van der Waals surface area (Å²) in [7, 11) is 0. The van der Waals surface area contributed by atoms with Crippen LogP contribution in [0.4, 0.5) is 15.8 Å². The van der Waals surface area contributed by atoms with Crippen LogP contribution in [0, 0.1) is 5.82 Å². The number of benzene rings is 2. The van der Waals surface area contributed by atoms with Crippen molar-refractivity contribution >= 4 is 11.4 Å². The van der Waals surface area contributed by atoms with Gasteiger partial charge >= 0.3 is 0 Å². The molecule has 0 fully saturated rings. The number of hydrogen-bond donors (Lipinski definition) is 0. The van der Waals surface area contributed by atoms with Crippen molar-refractivity contribution in [1.29, 1.82) is 0 Å². The zero-order chi connectivity index (χ0) is 9.80. The minimum Gasteiger partial charge on any atom is -0.246 e. The van der Waals surface area contributed by atoms with E-state index < -0.39 is 0 Å². The van der Waals surface area contributed by atoms with Crippen LogP contribution in [-0.4, -0.2) is 0 Å². The van der Waals surface area contributed by atoms with Crippen molar-refractivity contribution in [1.82, 2.24) is 5.32 Å². The second kappa shape index (κ2) is 3.92. The molecule has 0 atom stereocenters. The summed E-state index contributed by atoms with van der Waals surface area (Å²) in [4.78, 5) is 0. The Morgan fingerprint density at radius 1 is 0.786 bits per heavy atom. The normalized spacial score (nSPS) is 9.79. The van der Waals surface area contributed by atoms with Gasteiger partial charge in [0.25, 0.3) is 0 Å². The molecule has 2 aromatic carbocycles. The molecule has 69 valence electrons. The Balaban J connectivity index is 2.24. The van der Waals surface area contributed by atoms with Crippen molar-refractivity contribution in [2.75, 3.05) is 0 Å². The van der Waals surface area contributed by atoms with Crippen LogP contribution in [0.2, 0.25) is 0 Å². The van der Waals surface area contributed by atoms with E-state index in [1.807, 2.05) is 30.3 Å². The van der Waals surface area contributed by atoms with Gasteiger partial charge in [-0.3, -0.25) is 0 Å². The molecule has 2 rings (SSSR count). The highest BCUT2D eigenvalue weighted by Gasteiger charge is 2.01. The predicted molar refractivity (Wildman–Crippen MR) is 54.3 cm³/mol. The molecule has 1 radical (unpaired) electrons. The topological polar surface area (TPSA) is 14.1 Å². The third-order valence-electron chi connectivity index (χ3n) is 1.86. The monoisotopic (exact) mass is 186 g/mol. The van der Waals surface area contributed by atoms with E-state index in [1.54, 1.807) is 18.2 Å². The Labute approximate surface area is 82.2 Å². The van der Waals surface area contributed by atoms with Crippen LogP contribution >= 0.6 is 0 Å². The number of nitrogens with zero attached hydrogens (tertiary/aromatic N) is 1. The molecule has 0 bridgehead atoms. The zero-order valence-electron chi connectivity index (χ0n) is 7.52. The first-order valence-electron chi connectivity index (χ1n) is 4.37. The molecule has 0 heterocycles. The molecule has 0 N–H and O–H groups in total. The van der Waals surface area contributed by atoms with E-state index in [2.05, 4.69) is 5.32 Å². The molecule has 2 aromatic rings. The first-order valence-corrected chi connectivity index (χ1v) is 4.37. The van der Waals surface area contributed by atoms with Gasteiger partial charge in [-0.2, -0.15) is 0 Å². The Morgan fingerprint density at radius 3 is 2.14 bits per heavy atom. The minimum absolute atomic E-state index is 0.295. The van der Waals surface area contributed by atoms with Crippen LogP contribution in [0.5, 0.6) is 0 Å². The third kappa shape index (κ3) is 1.91. The first kappa shape index (κ1) is 8.75. The SMILES string of the molecule is Fc1ccccc1[N]c1ccccc1. The Morgan fingerprint density at radius 2 is 1.43 bits per heavy atom. The standard InChI is InChI=1S/C12H9FN/c13-11-8-4-5-9-12(11)14-10-6-2-1-3-7-10/h1-9H. The molecule has 14 heavy (non-hydrogen) atoms. The van der Waals surface area contributed by atoms with Crippen LogP contribution in [0.25, 0.3) is 0 Å². The largest absolute Gasteiger partial charge is 0.246 e. The van der Waals surface area contributed by atoms with Crippen molar-refractivity contribution in [3.63, 3.8) is 0 Å². The quantitative estimate of drug-likeness (QED) is 0.682. The molecular weight excluding hydrogens is 177 g/mol. The number of halogens is 1. The van der Waals surface area contributed by atoms with E-state index in [1.165, 1.54) is 6.07 Å². The molecule has 0 amide bonds. The zero-order valence-corrected chi connectivity index (χ0v) is 7.52. The maximum atomic E-state index is 13.2. The van der Waals surface area contributed by atoms with Gasteiger partial charge in [-0.15, -0.1) is 0 Å². The molecule has 0 saturated heterocycles.